The highest BCUT2D eigenvalue weighted by Gasteiger charge is 2.18. The number of aromatic nitrogens is 3. The third kappa shape index (κ3) is 5.89. The van der Waals surface area contributed by atoms with Crippen LogP contribution in [-0.4, -0.2) is 15.0 Å². The third-order valence-electron chi connectivity index (χ3n) is 11.3. The number of rotatable bonds is 6. The Hall–Kier alpha value is -7.75. The summed E-state index contributed by atoms with van der Waals surface area (Å²) in [4.78, 5) is 15.6. The van der Waals surface area contributed by atoms with E-state index >= 15 is 0 Å². The second kappa shape index (κ2) is 14.1. The van der Waals surface area contributed by atoms with Crippen LogP contribution >= 0.6 is 0 Å². The van der Waals surface area contributed by atoms with Gasteiger partial charge in [-0.3, -0.25) is 0 Å². The minimum absolute atomic E-state index is 0.699. The third-order valence-corrected chi connectivity index (χ3v) is 11.3. The van der Waals surface area contributed by atoms with Crippen molar-refractivity contribution in [1.29, 1.82) is 0 Å². The topological polar surface area (TPSA) is 38.7 Å². The molecular weight excluding hydrogens is 703 g/mol. The van der Waals surface area contributed by atoms with Crippen LogP contribution in [0.3, 0.4) is 0 Å². The molecule has 0 N–H and O–H groups in total. The zero-order chi connectivity index (χ0) is 38.4. The lowest BCUT2D eigenvalue weighted by Crippen LogP contribution is -1.96. The molecular formula is C55H35N3. The summed E-state index contributed by atoms with van der Waals surface area (Å²) in [5, 5.41) is 8.59. The molecule has 0 radical (unpaired) electrons. The van der Waals surface area contributed by atoms with Gasteiger partial charge in [0.2, 0.25) is 0 Å². The largest absolute Gasteiger partial charge is 0.247 e. The molecule has 2 heterocycles. The van der Waals surface area contributed by atoms with Gasteiger partial charge in [0, 0.05) is 38.4 Å². The number of nitrogens with zero attached hydrogens (tertiary/aromatic N) is 3. The van der Waals surface area contributed by atoms with Crippen LogP contribution in [0.15, 0.2) is 212 Å². The van der Waals surface area contributed by atoms with Crippen LogP contribution in [0.25, 0.3) is 111 Å². The van der Waals surface area contributed by atoms with Crippen molar-refractivity contribution < 1.29 is 0 Å². The van der Waals surface area contributed by atoms with Gasteiger partial charge in [-0.2, -0.15) is 0 Å². The van der Waals surface area contributed by atoms with Crippen LogP contribution in [-0.2, 0) is 0 Å². The minimum atomic E-state index is 0.699. The minimum Gasteiger partial charge on any atom is -0.247 e. The molecule has 0 saturated carbocycles. The summed E-state index contributed by atoms with van der Waals surface area (Å²) in [6, 6.07) is 75.0. The van der Waals surface area contributed by atoms with Crippen molar-refractivity contribution in [2.45, 2.75) is 0 Å². The van der Waals surface area contributed by atoms with Crippen molar-refractivity contribution in [3.8, 4) is 67.4 Å². The number of hydrogen-bond donors (Lipinski definition) is 0. The number of fused-ring (bicyclic) bond motifs is 8. The molecule has 0 aliphatic rings. The molecule has 11 aromatic rings. The first-order chi connectivity index (χ1) is 28.7. The molecule has 3 heteroatoms. The summed E-state index contributed by atoms with van der Waals surface area (Å²) in [6.45, 7) is 0. The van der Waals surface area contributed by atoms with Gasteiger partial charge < -0.3 is 0 Å². The molecule has 0 amide bonds. The first kappa shape index (κ1) is 33.6. The highest BCUT2D eigenvalue weighted by atomic mass is 14.9. The molecule has 0 unspecified atom stereocenters. The Balaban J connectivity index is 0.981. The summed E-state index contributed by atoms with van der Waals surface area (Å²) < 4.78 is 0. The molecule has 0 saturated heterocycles. The van der Waals surface area contributed by atoms with Gasteiger partial charge >= 0.3 is 0 Å². The van der Waals surface area contributed by atoms with Crippen molar-refractivity contribution in [2.24, 2.45) is 0 Å². The Morgan fingerprint density at radius 3 is 1.31 bits per heavy atom. The smallest absolute Gasteiger partial charge is 0.160 e. The second-order valence-electron chi connectivity index (χ2n) is 14.7. The van der Waals surface area contributed by atoms with Gasteiger partial charge in [0.25, 0.3) is 0 Å². The summed E-state index contributed by atoms with van der Waals surface area (Å²) in [5.74, 6) is 0.699. The lowest BCUT2D eigenvalue weighted by molar-refractivity contribution is 1.18. The molecule has 0 bridgehead atoms. The molecule has 0 spiro atoms. The fraction of sp³-hybridized carbons (Fsp3) is 0. The first-order valence-corrected chi connectivity index (χ1v) is 19.7. The normalized spacial score (nSPS) is 11.4. The fourth-order valence-electron chi connectivity index (χ4n) is 8.44. The Labute approximate surface area is 336 Å². The van der Waals surface area contributed by atoms with Crippen molar-refractivity contribution in [1.82, 2.24) is 15.0 Å². The van der Waals surface area contributed by atoms with E-state index in [0.717, 1.165) is 67.1 Å². The van der Waals surface area contributed by atoms with Crippen LogP contribution in [0.4, 0.5) is 0 Å². The molecule has 0 aliphatic heterocycles. The Kier molecular flexibility index (Phi) is 8.15. The fourth-order valence-corrected chi connectivity index (χ4v) is 8.44. The lowest BCUT2D eigenvalue weighted by atomic mass is 9.89. The number of pyridine rings is 1. The van der Waals surface area contributed by atoms with Crippen molar-refractivity contribution >= 4 is 43.2 Å². The van der Waals surface area contributed by atoms with Gasteiger partial charge in [-0.05, 0) is 62.0 Å². The molecule has 11 rings (SSSR count). The van der Waals surface area contributed by atoms with E-state index in [9.17, 15) is 0 Å². The molecule has 58 heavy (non-hydrogen) atoms. The predicted octanol–water partition coefficient (Wildman–Crippen LogP) is 14.5. The quantitative estimate of drug-likeness (QED) is 0.160. The maximum atomic E-state index is 5.34. The van der Waals surface area contributed by atoms with E-state index in [0.29, 0.717) is 5.82 Å². The van der Waals surface area contributed by atoms with E-state index in [4.69, 9.17) is 15.0 Å². The predicted molar refractivity (Wildman–Crippen MR) is 242 cm³/mol. The Morgan fingerprint density at radius 1 is 0.241 bits per heavy atom. The van der Waals surface area contributed by atoms with Gasteiger partial charge in [-0.25, -0.2) is 15.0 Å². The van der Waals surface area contributed by atoms with Crippen LogP contribution in [0.2, 0.25) is 0 Å². The highest BCUT2D eigenvalue weighted by molar-refractivity contribution is 6.33. The van der Waals surface area contributed by atoms with Crippen LogP contribution < -0.4 is 0 Å². The van der Waals surface area contributed by atoms with Gasteiger partial charge in [0.15, 0.2) is 5.82 Å². The summed E-state index contributed by atoms with van der Waals surface area (Å²) in [7, 11) is 0. The molecule has 0 fully saturated rings. The molecule has 270 valence electrons. The SMILES string of the molecule is c1ccc(-c2cccc(-c3nc(-c4ccccc4)cc(-c4ccc(-c5ccc(-c6nc7ccccc7c7c8ccccc8c8ccccc8c67)cc5)cc4)n3)c2)cc1. The molecule has 9 aromatic carbocycles. The number of para-hydroxylation sites is 1. The van der Waals surface area contributed by atoms with E-state index in [1.807, 2.05) is 12.1 Å². The maximum Gasteiger partial charge on any atom is 0.160 e. The highest BCUT2D eigenvalue weighted by Crippen LogP contribution is 2.43. The summed E-state index contributed by atoms with van der Waals surface area (Å²) in [6.07, 6.45) is 0. The average molecular weight is 738 g/mol. The Morgan fingerprint density at radius 2 is 0.672 bits per heavy atom. The van der Waals surface area contributed by atoms with Crippen molar-refractivity contribution in [3.63, 3.8) is 0 Å². The van der Waals surface area contributed by atoms with E-state index in [2.05, 4.69) is 200 Å². The van der Waals surface area contributed by atoms with Gasteiger partial charge in [0.05, 0.1) is 22.6 Å². The Bertz CT molecular complexity index is 3300. The zero-order valence-corrected chi connectivity index (χ0v) is 31.5. The first-order valence-electron chi connectivity index (χ1n) is 19.7. The van der Waals surface area contributed by atoms with Crippen LogP contribution in [0.5, 0.6) is 0 Å². The van der Waals surface area contributed by atoms with E-state index < -0.39 is 0 Å². The summed E-state index contributed by atoms with van der Waals surface area (Å²) in [5.41, 5.74) is 12.5. The number of hydrogen-bond acceptors (Lipinski definition) is 3. The van der Waals surface area contributed by atoms with E-state index in [1.165, 1.54) is 37.7 Å². The second-order valence-corrected chi connectivity index (χ2v) is 14.7. The van der Waals surface area contributed by atoms with Crippen LogP contribution in [0, 0.1) is 0 Å². The lowest BCUT2D eigenvalue weighted by Gasteiger charge is -2.16. The maximum absolute atomic E-state index is 5.34. The molecule has 0 aliphatic carbocycles. The van der Waals surface area contributed by atoms with Gasteiger partial charge in [-0.1, -0.05) is 194 Å². The zero-order valence-electron chi connectivity index (χ0n) is 31.5. The summed E-state index contributed by atoms with van der Waals surface area (Å²) >= 11 is 0. The van der Waals surface area contributed by atoms with E-state index in [1.54, 1.807) is 0 Å². The number of benzene rings is 9. The molecule has 0 atom stereocenters. The van der Waals surface area contributed by atoms with Gasteiger partial charge in [0.1, 0.15) is 0 Å². The molecule has 3 nitrogen and oxygen atoms in total. The average Bonchev–Trinajstić information content (AvgIpc) is 3.32. The van der Waals surface area contributed by atoms with Gasteiger partial charge in [-0.15, -0.1) is 0 Å². The van der Waals surface area contributed by atoms with E-state index in [-0.39, 0.29) is 0 Å². The van der Waals surface area contributed by atoms with Crippen molar-refractivity contribution in [3.05, 3.63) is 212 Å². The monoisotopic (exact) mass is 737 g/mol. The van der Waals surface area contributed by atoms with Crippen molar-refractivity contribution in [2.75, 3.05) is 0 Å². The molecule has 2 aromatic heterocycles. The standard InChI is InChI=1S/C55H35N3/c1-3-14-36(15-4-1)42-18-13-19-43(34-42)55-57-50(39-16-5-2-6-17-39)35-51(58-55)40-30-26-37(27-31-40)38-28-32-41(33-29-38)54-53-47-23-10-8-21-45(47)44-20-7-9-22-46(44)52(53)48-24-11-12-25-49(48)56-54/h1-35H. The van der Waals surface area contributed by atoms with Crippen LogP contribution in [0.1, 0.15) is 0 Å².